The quantitative estimate of drug-likeness (QED) is 0.783. The van der Waals surface area contributed by atoms with Crippen molar-refractivity contribution >= 4 is 17.3 Å². The predicted octanol–water partition coefficient (Wildman–Crippen LogP) is 1.86. The number of benzene rings is 1. The van der Waals surface area contributed by atoms with E-state index in [1.165, 1.54) is 0 Å². The average molecular weight is 235 g/mol. The third-order valence-corrected chi connectivity index (χ3v) is 2.76. The van der Waals surface area contributed by atoms with E-state index in [9.17, 15) is 4.79 Å². The first kappa shape index (κ1) is 13.4. The van der Waals surface area contributed by atoms with Crippen LogP contribution >= 0.6 is 0 Å². The molecule has 0 heterocycles. The number of amides is 1. The van der Waals surface area contributed by atoms with Crippen LogP contribution in [0.3, 0.4) is 0 Å². The van der Waals surface area contributed by atoms with Gasteiger partial charge in [0.1, 0.15) is 0 Å². The van der Waals surface area contributed by atoms with Crippen molar-refractivity contribution < 1.29 is 4.79 Å². The van der Waals surface area contributed by atoms with Crippen molar-refractivity contribution in [1.82, 2.24) is 5.32 Å². The number of nitrogen functional groups attached to an aromatic ring is 1. The Kier molecular flexibility index (Phi) is 4.37. The Morgan fingerprint density at radius 3 is 2.59 bits per heavy atom. The van der Waals surface area contributed by atoms with E-state index in [1.807, 2.05) is 38.9 Å². The van der Waals surface area contributed by atoms with Crippen LogP contribution in [0.5, 0.6) is 0 Å². The van der Waals surface area contributed by atoms with Crippen molar-refractivity contribution in [2.75, 3.05) is 24.7 Å². The van der Waals surface area contributed by atoms with Gasteiger partial charge in [0.2, 0.25) is 0 Å². The number of nitrogens with zero attached hydrogens (tertiary/aromatic N) is 1. The maximum atomic E-state index is 11.9. The largest absolute Gasteiger partial charge is 0.397 e. The Labute approximate surface area is 103 Å². The van der Waals surface area contributed by atoms with Crippen LogP contribution < -0.4 is 16.0 Å². The molecule has 3 N–H and O–H groups in total. The normalized spacial score (nSPS) is 12.0. The molecule has 1 unspecified atom stereocenters. The van der Waals surface area contributed by atoms with Crippen LogP contribution in [0.4, 0.5) is 11.4 Å². The molecular formula is C13H21N3O. The molecule has 0 aromatic heterocycles. The topological polar surface area (TPSA) is 58.4 Å². The van der Waals surface area contributed by atoms with Crippen LogP contribution in [0.25, 0.3) is 0 Å². The van der Waals surface area contributed by atoms with Crippen LogP contribution in [-0.4, -0.2) is 26.0 Å². The first-order valence-electron chi connectivity index (χ1n) is 5.83. The molecule has 1 rings (SSSR count). The van der Waals surface area contributed by atoms with Gasteiger partial charge in [-0.3, -0.25) is 4.79 Å². The van der Waals surface area contributed by atoms with Gasteiger partial charge in [-0.15, -0.1) is 0 Å². The van der Waals surface area contributed by atoms with Gasteiger partial charge < -0.3 is 16.0 Å². The molecule has 4 heteroatoms. The van der Waals surface area contributed by atoms with Crippen molar-refractivity contribution in [3.8, 4) is 0 Å². The van der Waals surface area contributed by atoms with Crippen molar-refractivity contribution in [1.29, 1.82) is 0 Å². The van der Waals surface area contributed by atoms with Gasteiger partial charge in [-0.1, -0.05) is 6.92 Å². The number of nitrogens with one attached hydrogen (secondary N) is 1. The Morgan fingerprint density at radius 2 is 2.12 bits per heavy atom. The fraction of sp³-hybridized carbons (Fsp3) is 0.462. The van der Waals surface area contributed by atoms with Gasteiger partial charge in [-0.2, -0.15) is 0 Å². The summed E-state index contributed by atoms with van der Waals surface area (Å²) in [4.78, 5) is 13.8. The summed E-state index contributed by atoms with van der Waals surface area (Å²) in [5, 5.41) is 2.91. The number of carbonyl (C=O) groups is 1. The molecular weight excluding hydrogens is 214 g/mol. The molecule has 0 bridgehead atoms. The summed E-state index contributed by atoms with van der Waals surface area (Å²) < 4.78 is 0. The van der Waals surface area contributed by atoms with Gasteiger partial charge in [0.25, 0.3) is 5.91 Å². The lowest BCUT2D eigenvalue weighted by Crippen LogP contribution is -2.32. The summed E-state index contributed by atoms with van der Waals surface area (Å²) in [6.07, 6.45) is 0.914. The zero-order chi connectivity index (χ0) is 13.0. The minimum absolute atomic E-state index is 0.0728. The second-order valence-electron chi connectivity index (χ2n) is 4.45. The highest BCUT2D eigenvalue weighted by Crippen LogP contribution is 2.22. The predicted molar refractivity (Wildman–Crippen MR) is 72.4 cm³/mol. The molecule has 17 heavy (non-hydrogen) atoms. The van der Waals surface area contributed by atoms with Crippen LogP contribution in [0.2, 0.25) is 0 Å². The minimum atomic E-state index is -0.0728. The smallest absolute Gasteiger partial charge is 0.251 e. The molecule has 0 aliphatic heterocycles. The molecule has 4 nitrogen and oxygen atoms in total. The fourth-order valence-electron chi connectivity index (χ4n) is 1.51. The number of anilines is 2. The summed E-state index contributed by atoms with van der Waals surface area (Å²) in [6, 6.07) is 5.55. The monoisotopic (exact) mass is 235 g/mol. The van der Waals surface area contributed by atoms with E-state index in [0.29, 0.717) is 11.3 Å². The van der Waals surface area contributed by atoms with Crippen molar-refractivity contribution in [2.24, 2.45) is 0 Å². The van der Waals surface area contributed by atoms with Gasteiger partial charge >= 0.3 is 0 Å². The van der Waals surface area contributed by atoms with Crippen LogP contribution in [0.15, 0.2) is 18.2 Å². The van der Waals surface area contributed by atoms with Crippen molar-refractivity contribution in [2.45, 2.75) is 26.3 Å². The highest BCUT2D eigenvalue weighted by atomic mass is 16.1. The summed E-state index contributed by atoms with van der Waals surface area (Å²) in [5.74, 6) is -0.0728. The van der Waals surface area contributed by atoms with Crippen molar-refractivity contribution in [3.05, 3.63) is 23.8 Å². The van der Waals surface area contributed by atoms with Gasteiger partial charge in [0.15, 0.2) is 0 Å². The van der Waals surface area contributed by atoms with Crippen LogP contribution in [0, 0.1) is 0 Å². The third-order valence-electron chi connectivity index (χ3n) is 2.76. The standard InChI is InChI=1S/C13H21N3O/c1-5-9(2)15-13(17)10-6-7-12(16(3)4)11(14)8-10/h6-9H,5,14H2,1-4H3,(H,15,17). The first-order chi connectivity index (χ1) is 7.95. The highest BCUT2D eigenvalue weighted by molar-refractivity contribution is 5.96. The Morgan fingerprint density at radius 1 is 1.47 bits per heavy atom. The zero-order valence-electron chi connectivity index (χ0n) is 10.9. The second-order valence-corrected chi connectivity index (χ2v) is 4.45. The lowest BCUT2D eigenvalue weighted by molar-refractivity contribution is 0.0939. The molecule has 0 fully saturated rings. The SMILES string of the molecule is CCC(C)NC(=O)c1ccc(N(C)C)c(N)c1. The van der Waals surface area contributed by atoms with E-state index in [0.717, 1.165) is 12.1 Å². The lowest BCUT2D eigenvalue weighted by Gasteiger charge is -2.16. The number of rotatable bonds is 4. The van der Waals surface area contributed by atoms with E-state index in [1.54, 1.807) is 12.1 Å². The van der Waals surface area contributed by atoms with E-state index in [4.69, 9.17) is 5.73 Å². The number of hydrogen-bond acceptors (Lipinski definition) is 3. The molecule has 1 amide bonds. The van der Waals surface area contributed by atoms with Crippen LogP contribution in [-0.2, 0) is 0 Å². The lowest BCUT2D eigenvalue weighted by atomic mass is 10.1. The maximum absolute atomic E-state index is 11.9. The molecule has 0 spiro atoms. The molecule has 94 valence electrons. The summed E-state index contributed by atoms with van der Waals surface area (Å²) in [7, 11) is 3.84. The van der Waals surface area contributed by atoms with Gasteiger partial charge in [0, 0.05) is 25.7 Å². The fourth-order valence-corrected chi connectivity index (χ4v) is 1.51. The molecule has 0 saturated carbocycles. The average Bonchev–Trinajstić information content (AvgIpc) is 2.28. The van der Waals surface area contributed by atoms with E-state index in [2.05, 4.69) is 5.32 Å². The molecule has 1 aromatic carbocycles. The second kappa shape index (κ2) is 5.57. The minimum Gasteiger partial charge on any atom is -0.397 e. The Hall–Kier alpha value is -1.71. The zero-order valence-corrected chi connectivity index (χ0v) is 10.9. The summed E-state index contributed by atoms with van der Waals surface area (Å²) in [6.45, 7) is 4.02. The van der Waals surface area contributed by atoms with Gasteiger partial charge in [-0.05, 0) is 31.5 Å². The Bertz CT molecular complexity index is 402. The number of hydrogen-bond donors (Lipinski definition) is 2. The summed E-state index contributed by atoms with van der Waals surface area (Å²) >= 11 is 0. The molecule has 0 aliphatic rings. The first-order valence-corrected chi connectivity index (χ1v) is 5.83. The highest BCUT2D eigenvalue weighted by Gasteiger charge is 2.10. The third kappa shape index (κ3) is 3.37. The maximum Gasteiger partial charge on any atom is 0.251 e. The van der Waals surface area contributed by atoms with Gasteiger partial charge in [-0.25, -0.2) is 0 Å². The van der Waals surface area contributed by atoms with Gasteiger partial charge in [0.05, 0.1) is 11.4 Å². The Balaban J connectivity index is 2.86. The number of carbonyl (C=O) groups excluding carboxylic acids is 1. The van der Waals surface area contributed by atoms with E-state index >= 15 is 0 Å². The van der Waals surface area contributed by atoms with E-state index < -0.39 is 0 Å². The van der Waals surface area contributed by atoms with Crippen molar-refractivity contribution in [3.63, 3.8) is 0 Å². The molecule has 1 atom stereocenters. The molecule has 0 saturated heterocycles. The molecule has 0 radical (unpaired) electrons. The molecule has 1 aromatic rings. The number of nitrogens with two attached hydrogens (primary N) is 1. The van der Waals surface area contributed by atoms with Crippen LogP contribution in [0.1, 0.15) is 30.6 Å². The summed E-state index contributed by atoms with van der Waals surface area (Å²) in [5.41, 5.74) is 8.05. The molecule has 0 aliphatic carbocycles. The van der Waals surface area contributed by atoms with E-state index in [-0.39, 0.29) is 11.9 Å².